The van der Waals surface area contributed by atoms with E-state index in [2.05, 4.69) is 0 Å². The molecule has 0 saturated heterocycles. The second-order valence-electron chi connectivity index (χ2n) is 4.70. The van der Waals surface area contributed by atoms with E-state index in [0.717, 1.165) is 25.7 Å². The summed E-state index contributed by atoms with van der Waals surface area (Å²) in [5.41, 5.74) is -0.568. The van der Waals surface area contributed by atoms with Crippen LogP contribution in [0, 0.1) is 5.92 Å². The summed E-state index contributed by atoms with van der Waals surface area (Å²) in [6.45, 7) is 3.68. The first-order valence-electron chi connectivity index (χ1n) is 4.88. The summed E-state index contributed by atoms with van der Waals surface area (Å²) in [4.78, 5) is 0. The van der Waals surface area contributed by atoms with Gasteiger partial charge in [-0.2, -0.15) is 0 Å². The first-order valence-corrected chi connectivity index (χ1v) is 4.88. The summed E-state index contributed by atoms with van der Waals surface area (Å²) in [5, 5.41) is 19.0. The first kappa shape index (κ1) is 10.0. The highest BCUT2D eigenvalue weighted by Crippen LogP contribution is 2.30. The highest BCUT2D eigenvalue weighted by molar-refractivity contribution is 4.78. The molecule has 2 heteroatoms. The fourth-order valence-electron chi connectivity index (χ4n) is 2.15. The first-order chi connectivity index (χ1) is 5.47. The Balaban J connectivity index is 2.32. The third-order valence-electron chi connectivity index (χ3n) is 2.54. The lowest BCUT2D eigenvalue weighted by molar-refractivity contribution is 0.0248. The van der Waals surface area contributed by atoms with Gasteiger partial charge >= 0.3 is 0 Å². The van der Waals surface area contributed by atoms with Gasteiger partial charge in [0.05, 0.1) is 11.7 Å². The lowest BCUT2D eigenvalue weighted by Gasteiger charge is -2.30. The number of rotatable bonds is 2. The van der Waals surface area contributed by atoms with Crippen LogP contribution < -0.4 is 0 Å². The van der Waals surface area contributed by atoms with Gasteiger partial charge < -0.3 is 10.2 Å². The molecule has 1 aliphatic carbocycles. The van der Waals surface area contributed by atoms with E-state index in [4.69, 9.17) is 0 Å². The Morgan fingerprint density at radius 3 is 2.50 bits per heavy atom. The second-order valence-corrected chi connectivity index (χ2v) is 4.70. The van der Waals surface area contributed by atoms with Crippen LogP contribution in [0.15, 0.2) is 0 Å². The third-order valence-corrected chi connectivity index (χ3v) is 2.54. The van der Waals surface area contributed by atoms with E-state index in [1.165, 1.54) is 6.42 Å². The predicted molar refractivity (Wildman–Crippen MR) is 48.9 cm³/mol. The number of hydrogen-bond acceptors (Lipinski definition) is 2. The van der Waals surface area contributed by atoms with Crippen LogP contribution in [-0.2, 0) is 0 Å². The molecule has 12 heavy (non-hydrogen) atoms. The lowest BCUT2D eigenvalue weighted by Crippen LogP contribution is -2.28. The standard InChI is InChI=1S/C10H20O2/c1-10(2,12)7-8-4-3-5-9(11)6-8/h8-9,11-12H,3-7H2,1-2H3. The Kier molecular flexibility index (Phi) is 3.13. The van der Waals surface area contributed by atoms with E-state index in [9.17, 15) is 10.2 Å². The average Bonchev–Trinajstić information content (AvgIpc) is 1.82. The molecule has 0 radical (unpaired) electrons. The molecule has 0 heterocycles. The predicted octanol–water partition coefficient (Wildman–Crippen LogP) is 1.70. The van der Waals surface area contributed by atoms with Crippen molar-refractivity contribution in [3.8, 4) is 0 Å². The molecular formula is C10H20O2. The minimum Gasteiger partial charge on any atom is -0.393 e. The van der Waals surface area contributed by atoms with E-state index < -0.39 is 5.60 Å². The Morgan fingerprint density at radius 2 is 2.00 bits per heavy atom. The molecule has 0 aliphatic heterocycles. The molecule has 0 amide bonds. The molecule has 0 bridgehead atoms. The Morgan fingerprint density at radius 1 is 1.33 bits per heavy atom. The lowest BCUT2D eigenvalue weighted by atomic mass is 9.81. The molecule has 2 atom stereocenters. The minimum atomic E-state index is -0.568. The molecule has 0 aromatic carbocycles. The van der Waals surface area contributed by atoms with Crippen LogP contribution in [0.5, 0.6) is 0 Å². The molecule has 1 aliphatic rings. The summed E-state index contributed by atoms with van der Waals surface area (Å²) in [5.74, 6) is 0.522. The van der Waals surface area contributed by atoms with Crippen molar-refractivity contribution < 1.29 is 10.2 Å². The van der Waals surface area contributed by atoms with Crippen molar-refractivity contribution in [1.29, 1.82) is 0 Å². The summed E-state index contributed by atoms with van der Waals surface area (Å²) < 4.78 is 0. The van der Waals surface area contributed by atoms with Crippen LogP contribution in [0.4, 0.5) is 0 Å². The van der Waals surface area contributed by atoms with Crippen molar-refractivity contribution >= 4 is 0 Å². The average molecular weight is 172 g/mol. The van der Waals surface area contributed by atoms with Gasteiger partial charge in [-0.1, -0.05) is 12.8 Å². The topological polar surface area (TPSA) is 40.5 Å². The van der Waals surface area contributed by atoms with Crippen molar-refractivity contribution in [3.63, 3.8) is 0 Å². The van der Waals surface area contributed by atoms with Crippen LogP contribution in [-0.4, -0.2) is 21.9 Å². The molecule has 0 aromatic heterocycles. The normalized spacial score (nSPS) is 32.0. The Bertz CT molecular complexity index is 137. The fraction of sp³-hybridized carbons (Fsp3) is 1.00. The van der Waals surface area contributed by atoms with Crippen molar-refractivity contribution in [2.24, 2.45) is 5.92 Å². The molecule has 0 aromatic rings. The Labute approximate surface area is 74.6 Å². The summed E-state index contributed by atoms with van der Waals surface area (Å²) in [6.07, 6.45) is 4.81. The van der Waals surface area contributed by atoms with Crippen molar-refractivity contribution in [3.05, 3.63) is 0 Å². The van der Waals surface area contributed by atoms with Gasteiger partial charge in [-0.05, 0) is 39.0 Å². The number of hydrogen-bond donors (Lipinski definition) is 2. The van der Waals surface area contributed by atoms with Gasteiger partial charge in [-0.25, -0.2) is 0 Å². The van der Waals surface area contributed by atoms with Gasteiger partial charge in [0.15, 0.2) is 0 Å². The molecular weight excluding hydrogens is 152 g/mol. The monoisotopic (exact) mass is 172 g/mol. The quantitative estimate of drug-likeness (QED) is 0.665. The molecule has 1 rings (SSSR count). The van der Waals surface area contributed by atoms with Gasteiger partial charge in [0.25, 0.3) is 0 Å². The SMILES string of the molecule is CC(C)(O)CC1CCCC(O)C1. The minimum absolute atomic E-state index is 0.119. The van der Waals surface area contributed by atoms with Crippen LogP contribution in [0.2, 0.25) is 0 Å². The van der Waals surface area contributed by atoms with E-state index in [1.54, 1.807) is 0 Å². The number of aliphatic hydroxyl groups is 2. The molecule has 72 valence electrons. The highest BCUT2D eigenvalue weighted by Gasteiger charge is 2.25. The van der Waals surface area contributed by atoms with Crippen molar-refractivity contribution in [2.45, 2.75) is 57.7 Å². The zero-order valence-corrected chi connectivity index (χ0v) is 8.08. The van der Waals surface area contributed by atoms with Crippen LogP contribution in [0.1, 0.15) is 46.0 Å². The van der Waals surface area contributed by atoms with Gasteiger partial charge in [0.1, 0.15) is 0 Å². The van der Waals surface area contributed by atoms with E-state index in [-0.39, 0.29) is 6.10 Å². The number of aliphatic hydroxyl groups excluding tert-OH is 1. The maximum Gasteiger partial charge on any atom is 0.0594 e. The Hall–Kier alpha value is -0.0800. The summed E-state index contributed by atoms with van der Waals surface area (Å²) in [7, 11) is 0. The zero-order valence-electron chi connectivity index (χ0n) is 8.08. The van der Waals surface area contributed by atoms with Crippen LogP contribution in [0.25, 0.3) is 0 Å². The summed E-state index contributed by atoms with van der Waals surface area (Å²) >= 11 is 0. The van der Waals surface area contributed by atoms with E-state index in [1.807, 2.05) is 13.8 Å². The van der Waals surface area contributed by atoms with Crippen LogP contribution in [0.3, 0.4) is 0 Å². The fourth-order valence-corrected chi connectivity index (χ4v) is 2.15. The maximum atomic E-state index is 9.57. The zero-order chi connectivity index (χ0) is 9.19. The van der Waals surface area contributed by atoms with Crippen LogP contribution >= 0.6 is 0 Å². The third kappa shape index (κ3) is 3.55. The largest absolute Gasteiger partial charge is 0.393 e. The second kappa shape index (κ2) is 3.75. The van der Waals surface area contributed by atoms with Gasteiger partial charge in [0, 0.05) is 0 Å². The highest BCUT2D eigenvalue weighted by atomic mass is 16.3. The van der Waals surface area contributed by atoms with E-state index in [0.29, 0.717) is 5.92 Å². The maximum absolute atomic E-state index is 9.57. The van der Waals surface area contributed by atoms with E-state index >= 15 is 0 Å². The van der Waals surface area contributed by atoms with Gasteiger partial charge in [-0.15, -0.1) is 0 Å². The molecule has 2 unspecified atom stereocenters. The molecule has 2 N–H and O–H groups in total. The molecule has 0 spiro atoms. The molecule has 2 nitrogen and oxygen atoms in total. The van der Waals surface area contributed by atoms with Crippen molar-refractivity contribution in [2.75, 3.05) is 0 Å². The smallest absolute Gasteiger partial charge is 0.0594 e. The van der Waals surface area contributed by atoms with Crippen molar-refractivity contribution in [1.82, 2.24) is 0 Å². The van der Waals surface area contributed by atoms with Gasteiger partial charge in [0.2, 0.25) is 0 Å². The van der Waals surface area contributed by atoms with Gasteiger partial charge in [-0.3, -0.25) is 0 Å². The summed E-state index contributed by atoms with van der Waals surface area (Å²) in [6, 6.07) is 0. The molecule has 1 fully saturated rings. The molecule has 1 saturated carbocycles.